The van der Waals surface area contributed by atoms with Crippen LogP contribution >= 0.6 is 0 Å². The van der Waals surface area contributed by atoms with Crippen molar-refractivity contribution in [2.75, 3.05) is 32.1 Å². The third-order valence-corrected chi connectivity index (χ3v) is 4.43. The standard InChI is InChI=1S/C22H30N2O2/c1-16(2)19-11-8-10-18(4)22(19)23-21(25)15-24(5)13-14-26-20-12-7-6-9-17(20)3/h6-12,16H,13-15H2,1-5H3,(H,23,25). The molecule has 0 atom stereocenters. The molecule has 0 spiro atoms. The lowest BCUT2D eigenvalue weighted by Crippen LogP contribution is -2.33. The summed E-state index contributed by atoms with van der Waals surface area (Å²) in [6.07, 6.45) is 0. The zero-order valence-corrected chi connectivity index (χ0v) is 16.5. The highest BCUT2D eigenvalue weighted by atomic mass is 16.5. The minimum absolute atomic E-state index is 0.000378. The third-order valence-electron chi connectivity index (χ3n) is 4.43. The SMILES string of the molecule is Cc1ccccc1OCCN(C)CC(=O)Nc1c(C)cccc1C(C)C. The number of nitrogens with zero attached hydrogens (tertiary/aromatic N) is 1. The Labute approximate surface area is 157 Å². The second kappa shape index (κ2) is 9.39. The van der Waals surface area contributed by atoms with Gasteiger partial charge >= 0.3 is 0 Å². The van der Waals surface area contributed by atoms with Crippen LogP contribution in [0.2, 0.25) is 0 Å². The van der Waals surface area contributed by atoms with Crippen molar-refractivity contribution in [2.24, 2.45) is 0 Å². The van der Waals surface area contributed by atoms with E-state index >= 15 is 0 Å². The number of amides is 1. The van der Waals surface area contributed by atoms with Crippen molar-refractivity contribution in [3.05, 3.63) is 59.2 Å². The maximum atomic E-state index is 12.4. The normalized spacial score (nSPS) is 11.0. The van der Waals surface area contributed by atoms with Gasteiger partial charge in [0, 0.05) is 12.2 Å². The minimum Gasteiger partial charge on any atom is -0.492 e. The summed E-state index contributed by atoms with van der Waals surface area (Å²) in [4.78, 5) is 14.4. The van der Waals surface area contributed by atoms with Crippen LogP contribution in [0.4, 0.5) is 5.69 Å². The van der Waals surface area contributed by atoms with Crippen molar-refractivity contribution in [1.29, 1.82) is 0 Å². The summed E-state index contributed by atoms with van der Waals surface area (Å²) in [6.45, 7) is 9.91. The molecule has 0 heterocycles. The first kappa shape index (κ1) is 20.0. The molecule has 0 aliphatic carbocycles. The average Bonchev–Trinajstić information content (AvgIpc) is 2.58. The number of anilines is 1. The molecule has 0 unspecified atom stereocenters. The second-order valence-corrected chi connectivity index (χ2v) is 7.09. The van der Waals surface area contributed by atoms with Crippen LogP contribution < -0.4 is 10.1 Å². The van der Waals surface area contributed by atoms with E-state index < -0.39 is 0 Å². The molecule has 0 fully saturated rings. The molecular weight excluding hydrogens is 324 g/mol. The predicted molar refractivity (Wildman–Crippen MR) is 108 cm³/mol. The number of carbonyl (C=O) groups is 1. The third kappa shape index (κ3) is 5.60. The van der Waals surface area contributed by atoms with E-state index in [-0.39, 0.29) is 5.91 Å². The van der Waals surface area contributed by atoms with Gasteiger partial charge in [-0.15, -0.1) is 0 Å². The molecule has 0 aliphatic heterocycles. The molecule has 2 aromatic rings. The van der Waals surface area contributed by atoms with E-state index in [0.717, 1.165) is 22.6 Å². The van der Waals surface area contributed by atoms with Gasteiger partial charge in [-0.05, 0) is 49.6 Å². The first-order valence-electron chi connectivity index (χ1n) is 9.14. The van der Waals surface area contributed by atoms with Crippen LogP contribution in [-0.4, -0.2) is 37.6 Å². The summed E-state index contributed by atoms with van der Waals surface area (Å²) >= 11 is 0. The molecule has 0 saturated carbocycles. The van der Waals surface area contributed by atoms with Crippen LogP contribution in [0.15, 0.2) is 42.5 Å². The van der Waals surface area contributed by atoms with Crippen LogP contribution in [0.5, 0.6) is 5.75 Å². The summed E-state index contributed by atoms with van der Waals surface area (Å²) in [7, 11) is 1.93. The van der Waals surface area contributed by atoms with E-state index in [1.807, 2.05) is 62.2 Å². The molecule has 2 rings (SSSR count). The smallest absolute Gasteiger partial charge is 0.238 e. The van der Waals surface area contributed by atoms with E-state index in [1.54, 1.807) is 0 Å². The number of carbonyl (C=O) groups excluding carboxylic acids is 1. The summed E-state index contributed by atoms with van der Waals surface area (Å²) in [5, 5.41) is 3.09. The Kier molecular flexibility index (Phi) is 7.22. The second-order valence-electron chi connectivity index (χ2n) is 7.09. The van der Waals surface area contributed by atoms with Gasteiger partial charge in [-0.1, -0.05) is 50.2 Å². The Hall–Kier alpha value is -2.33. The van der Waals surface area contributed by atoms with Gasteiger partial charge in [-0.3, -0.25) is 9.69 Å². The molecule has 0 radical (unpaired) electrons. The van der Waals surface area contributed by atoms with Gasteiger partial charge < -0.3 is 10.1 Å². The summed E-state index contributed by atoms with van der Waals surface area (Å²) < 4.78 is 5.80. The van der Waals surface area contributed by atoms with Crippen LogP contribution in [0.25, 0.3) is 0 Å². The number of hydrogen-bond acceptors (Lipinski definition) is 3. The molecule has 2 aromatic carbocycles. The monoisotopic (exact) mass is 354 g/mol. The van der Waals surface area contributed by atoms with Crippen molar-refractivity contribution < 1.29 is 9.53 Å². The number of nitrogens with one attached hydrogen (secondary N) is 1. The number of rotatable bonds is 8. The Morgan fingerprint density at radius 3 is 2.46 bits per heavy atom. The summed E-state index contributed by atoms with van der Waals surface area (Å²) in [6, 6.07) is 14.1. The van der Waals surface area contributed by atoms with Gasteiger partial charge in [-0.2, -0.15) is 0 Å². The number of para-hydroxylation sites is 2. The van der Waals surface area contributed by atoms with E-state index in [2.05, 4.69) is 25.2 Å². The maximum absolute atomic E-state index is 12.4. The molecule has 0 bridgehead atoms. The number of benzene rings is 2. The fraction of sp³-hybridized carbons (Fsp3) is 0.409. The lowest BCUT2D eigenvalue weighted by atomic mass is 9.98. The Morgan fingerprint density at radius 2 is 1.77 bits per heavy atom. The van der Waals surface area contributed by atoms with E-state index in [4.69, 9.17) is 4.74 Å². The van der Waals surface area contributed by atoms with Gasteiger partial charge in [0.15, 0.2) is 0 Å². The van der Waals surface area contributed by atoms with Crippen molar-refractivity contribution >= 4 is 11.6 Å². The van der Waals surface area contributed by atoms with Crippen molar-refractivity contribution in [2.45, 2.75) is 33.6 Å². The lowest BCUT2D eigenvalue weighted by Gasteiger charge is -2.20. The lowest BCUT2D eigenvalue weighted by molar-refractivity contribution is -0.117. The fourth-order valence-electron chi connectivity index (χ4n) is 2.88. The largest absolute Gasteiger partial charge is 0.492 e. The molecule has 4 heteroatoms. The van der Waals surface area contributed by atoms with Crippen LogP contribution in [0.3, 0.4) is 0 Å². The molecule has 4 nitrogen and oxygen atoms in total. The van der Waals surface area contributed by atoms with Gasteiger partial charge in [0.25, 0.3) is 0 Å². The first-order chi connectivity index (χ1) is 12.4. The van der Waals surface area contributed by atoms with Crippen LogP contribution in [-0.2, 0) is 4.79 Å². The fourth-order valence-corrected chi connectivity index (χ4v) is 2.88. The highest BCUT2D eigenvalue weighted by Gasteiger charge is 2.13. The molecule has 0 saturated heterocycles. The number of hydrogen-bond donors (Lipinski definition) is 1. The highest BCUT2D eigenvalue weighted by molar-refractivity contribution is 5.93. The quantitative estimate of drug-likeness (QED) is 0.765. The van der Waals surface area contributed by atoms with Gasteiger partial charge in [0.2, 0.25) is 5.91 Å². The highest BCUT2D eigenvalue weighted by Crippen LogP contribution is 2.27. The van der Waals surface area contributed by atoms with E-state index in [9.17, 15) is 4.79 Å². The Morgan fingerprint density at radius 1 is 1.08 bits per heavy atom. The van der Waals surface area contributed by atoms with Gasteiger partial charge in [0.1, 0.15) is 12.4 Å². The van der Waals surface area contributed by atoms with E-state index in [0.29, 0.717) is 25.6 Å². The molecule has 0 aromatic heterocycles. The summed E-state index contributed by atoms with van der Waals surface area (Å²) in [5.74, 6) is 1.26. The Bertz CT molecular complexity index is 741. The molecule has 1 N–H and O–H groups in total. The Balaban J connectivity index is 1.85. The predicted octanol–water partition coefficient (Wildman–Crippen LogP) is 4.38. The van der Waals surface area contributed by atoms with Crippen molar-refractivity contribution in [3.8, 4) is 5.75 Å². The average molecular weight is 354 g/mol. The van der Waals surface area contributed by atoms with Gasteiger partial charge in [-0.25, -0.2) is 0 Å². The van der Waals surface area contributed by atoms with Crippen molar-refractivity contribution in [3.63, 3.8) is 0 Å². The molecule has 26 heavy (non-hydrogen) atoms. The van der Waals surface area contributed by atoms with Gasteiger partial charge in [0.05, 0.1) is 6.54 Å². The zero-order chi connectivity index (χ0) is 19.1. The number of aryl methyl sites for hydroxylation is 2. The molecule has 140 valence electrons. The molecule has 1 amide bonds. The zero-order valence-electron chi connectivity index (χ0n) is 16.5. The van der Waals surface area contributed by atoms with Crippen LogP contribution in [0.1, 0.15) is 36.5 Å². The molecular formula is C22H30N2O2. The minimum atomic E-state index is -0.000378. The maximum Gasteiger partial charge on any atom is 0.238 e. The van der Waals surface area contributed by atoms with Crippen LogP contribution in [0, 0.1) is 13.8 Å². The van der Waals surface area contributed by atoms with E-state index in [1.165, 1.54) is 5.56 Å². The first-order valence-corrected chi connectivity index (χ1v) is 9.14. The van der Waals surface area contributed by atoms with Crippen molar-refractivity contribution in [1.82, 2.24) is 4.90 Å². The number of ether oxygens (including phenoxy) is 1. The molecule has 0 aliphatic rings. The number of likely N-dealkylation sites (N-methyl/N-ethyl adjacent to an activating group) is 1. The topological polar surface area (TPSA) is 41.6 Å². The summed E-state index contributed by atoms with van der Waals surface area (Å²) in [5.41, 5.74) is 4.32.